The number of hydrogen-bond donors (Lipinski definition) is 1. The number of unbranched alkanes of at least 4 members (excludes halogenated alkanes) is 1. The monoisotopic (exact) mass is 337 g/mol. The molecule has 3 rings (SSSR count). The topological polar surface area (TPSA) is 64.7 Å². The van der Waals surface area contributed by atoms with Gasteiger partial charge in [0.05, 0.1) is 6.16 Å². The van der Waals surface area contributed by atoms with Crippen LogP contribution in [0.25, 0.3) is 0 Å². The Hall–Kier alpha value is -2.16. The minimum Gasteiger partial charge on any atom is -0.330 e. The van der Waals surface area contributed by atoms with Crippen LogP contribution in [0.15, 0.2) is 73.6 Å². The van der Waals surface area contributed by atoms with Crippen LogP contribution in [-0.2, 0) is 0 Å². The van der Waals surface area contributed by atoms with Gasteiger partial charge in [-0.2, -0.15) is 0 Å². The molecule has 3 aromatic heterocycles. The summed E-state index contributed by atoms with van der Waals surface area (Å²) >= 11 is 0. The third-order valence-electron chi connectivity index (χ3n) is 4.26. The molecule has 0 aliphatic carbocycles. The summed E-state index contributed by atoms with van der Waals surface area (Å²) in [7, 11) is -1.76. The van der Waals surface area contributed by atoms with Crippen LogP contribution in [0.3, 0.4) is 0 Å². The standard InChI is InChI=1S/C19H22N4P/c20-9-1-2-16-24(17-3-10-21-11-4-17,18-5-12-22-13-6-18)19-7-14-23-15-8-19/h3-8,10-15H,1-2,9,16,20H2/q+1. The Morgan fingerprint density at radius 1 is 0.625 bits per heavy atom. The van der Waals surface area contributed by atoms with Gasteiger partial charge in [-0.1, -0.05) is 0 Å². The molecule has 0 amide bonds. The smallest absolute Gasteiger partial charge is 0.112 e. The van der Waals surface area contributed by atoms with Gasteiger partial charge in [0, 0.05) is 37.2 Å². The Morgan fingerprint density at radius 3 is 1.33 bits per heavy atom. The molecule has 0 aromatic carbocycles. The highest BCUT2D eigenvalue weighted by atomic mass is 31.2. The molecular formula is C19H22N4P+. The Bertz CT molecular complexity index is 638. The van der Waals surface area contributed by atoms with E-state index in [1.54, 1.807) is 0 Å². The minimum absolute atomic E-state index is 0.725. The van der Waals surface area contributed by atoms with Crippen LogP contribution in [0, 0.1) is 0 Å². The number of nitrogens with two attached hydrogens (primary N) is 1. The fourth-order valence-corrected chi connectivity index (χ4v) is 7.42. The number of pyridine rings is 3. The van der Waals surface area contributed by atoms with E-state index in [0.717, 1.165) is 25.5 Å². The molecule has 0 spiro atoms. The lowest BCUT2D eigenvalue weighted by atomic mass is 10.3. The normalized spacial score (nSPS) is 11.4. The van der Waals surface area contributed by atoms with Gasteiger partial charge in [0.25, 0.3) is 0 Å². The molecule has 3 aromatic rings. The van der Waals surface area contributed by atoms with Crippen molar-refractivity contribution in [2.24, 2.45) is 5.73 Å². The molecule has 3 heterocycles. The number of nitrogens with zero attached hydrogens (tertiary/aromatic N) is 3. The third-order valence-corrected chi connectivity index (χ3v) is 8.78. The highest BCUT2D eigenvalue weighted by molar-refractivity contribution is 7.95. The summed E-state index contributed by atoms with van der Waals surface area (Å²) < 4.78 is 0. The van der Waals surface area contributed by atoms with Gasteiger partial charge in [0.2, 0.25) is 0 Å². The Kier molecular flexibility index (Phi) is 5.63. The molecule has 0 aliphatic heterocycles. The van der Waals surface area contributed by atoms with Gasteiger partial charge in [-0.05, 0) is 55.8 Å². The maximum Gasteiger partial charge on any atom is 0.112 e. The zero-order valence-corrected chi connectivity index (χ0v) is 14.5. The van der Waals surface area contributed by atoms with E-state index in [4.69, 9.17) is 5.73 Å². The molecule has 0 fully saturated rings. The van der Waals surface area contributed by atoms with Crippen molar-refractivity contribution >= 4 is 23.2 Å². The lowest BCUT2D eigenvalue weighted by Crippen LogP contribution is -2.33. The van der Waals surface area contributed by atoms with Gasteiger partial charge in [0.15, 0.2) is 0 Å². The molecule has 0 saturated heterocycles. The first-order valence-corrected chi connectivity index (χ1v) is 10.2. The Labute approximate surface area is 143 Å². The highest BCUT2D eigenvalue weighted by Crippen LogP contribution is 2.55. The first-order chi connectivity index (χ1) is 11.9. The summed E-state index contributed by atoms with van der Waals surface area (Å²) in [5.41, 5.74) is 5.76. The lowest BCUT2D eigenvalue weighted by molar-refractivity contribution is 0.811. The average molecular weight is 337 g/mol. The molecule has 2 N–H and O–H groups in total. The first kappa shape index (κ1) is 16.7. The zero-order valence-electron chi connectivity index (χ0n) is 13.6. The molecule has 4 nitrogen and oxygen atoms in total. The molecule has 5 heteroatoms. The second kappa shape index (κ2) is 8.09. The molecular weight excluding hydrogens is 315 g/mol. The maximum absolute atomic E-state index is 5.76. The van der Waals surface area contributed by atoms with Crippen molar-refractivity contribution in [1.82, 2.24) is 15.0 Å². The van der Waals surface area contributed by atoms with Gasteiger partial charge in [-0.25, -0.2) is 0 Å². The summed E-state index contributed by atoms with van der Waals surface area (Å²) in [5, 5.41) is 4.02. The predicted octanol–water partition coefficient (Wildman–Crippen LogP) is 1.90. The quantitative estimate of drug-likeness (QED) is 0.528. The van der Waals surface area contributed by atoms with Crippen molar-refractivity contribution in [2.75, 3.05) is 12.7 Å². The molecule has 0 saturated carbocycles. The molecule has 0 unspecified atom stereocenters. The van der Waals surface area contributed by atoms with Crippen LogP contribution >= 0.6 is 7.26 Å². The van der Waals surface area contributed by atoms with Crippen LogP contribution in [0.4, 0.5) is 0 Å². The van der Waals surface area contributed by atoms with Gasteiger partial charge in [0.1, 0.15) is 23.2 Å². The number of rotatable bonds is 7. The van der Waals surface area contributed by atoms with Gasteiger partial charge in [-0.15, -0.1) is 0 Å². The molecule has 0 aliphatic rings. The van der Waals surface area contributed by atoms with Crippen molar-refractivity contribution < 1.29 is 0 Å². The SMILES string of the molecule is NCCCC[P+](c1ccncc1)(c1ccncc1)c1ccncc1. The van der Waals surface area contributed by atoms with Crippen LogP contribution < -0.4 is 21.6 Å². The van der Waals surface area contributed by atoms with E-state index in [1.165, 1.54) is 15.9 Å². The molecule has 122 valence electrons. The van der Waals surface area contributed by atoms with E-state index in [-0.39, 0.29) is 0 Å². The first-order valence-electron chi connectivity index (χ1n) is 8.18. The van der Waals surface area contributed by atoms with Crippen molar-refractivity contribution in [3.05, 3.63) is 73.6 Å². The summed E-state index contributed by atoms with van der Waals surface area (Å²) in [6.07, 6.45) is 14.5. The third kappa shape index (κ3) is 3.35. The fraction of sp³-hybridized carbons (Fsp3) is 0.211. The van der Waals surface area contributed by atoms with Crippen molar-refractivity contribution in [1.29, 1.82) is 0 Å². The van der Waals surface area contributed by atoms with E-state index >= 15 is 0 Å². The van der Waals surface area contributed by atoms with E-state index < -0.39 is 7.26 Å². The fourth-order valence-electron chi connectivity index (χ4n) is 3.12. The summed E-state index contributed by atoms with van der Waals surface area (Å²) in [5.74, 6) is 0. The van der Waals surface area contributed by atoms with E-state index in [9.17, 15) is 0 Å². The van der Waals surface area contributed by atoms with Crippen LogP contribution in [0.1, 0.15) is 12.8 Å². The molecule has 0 atom stereocenters. The summed E-state index contributed by atoms with van der Waals surface area (Å²) in [4.78, 5) is 12.6. The van der Waals surface area contributed by atoms with Gasteiger partial charge >= 0.3 is 0 Å². The predicted molar refractivity (Wildman–Crippen MR) is 102 cm³/mol. The molecule has 24 heavy (non-hydrogen) atoms. The highest BCUT2D eigenvalue weighted by Gasteiger charge is 2.44. The summed E-state index contributed by atoms with van der Waals surface area (Å²) in [6.45, 7) is 0.725. The van der Waals surface area contributed by atoms with Gasteiger partial charge in [-0.3, -0.25) is 15.0 Å². The second-order valence-corrected chi connectivity index (χ2v) is 9.26. The van der Waals surface area contributed by atoms with E-state index in [1.807, 2.05) is 37.2 Å². The average Bonchev–Trinajstić information content (AvgIpc) is 2.68. The van der Waals surface area contributed by atoms with Crippen LogP contribution in [0.5, 0.6) is 0 Å². The van der Waals surface area contributed by atoms with Crippen LogP contribution in [0.2, 0.25) is 0 Å². The maximum atomic E-state index is 5.76. The van der Waals surface area contributed by atoms with Crippen LogP contribution in [-0.4, -0.2) is 27.7 Å². The molecule has 0 radical (unpaired) electrons. The number of hydrogen-bond acceptors (Lipinski definition) is 4. The van der Waals surface area contributed by atoms with Crippen molar-refractivity contribution in [3.8, 4) is 0 Å². The minimum atomic E-state index is -1.76. The lowest BCUT2D eigenvalue weighted by Gasteiger charge is -2.27. The Balaban J connectivity index is 2.20. The van der Waals surface area contributed by atoms with Crippen molar-refractivity contribution in [2.45, 2.75) is 12.8 Å². The number of aromatic nitrogens is 3. The zero-order chi connectivity index (χ0) is 16.7. The summed E-state index contributed by atoms with van der Waals surface area (Å²) in [6, 6.07) is 12.9. The molecule has 0 bridgehead atoms. The van der Waals surface area contributed by atoms with Crippen molar-refractivity contribution in [3.63, 3.8) is 0 Å². The van der Waals surface area contributed by atoms with E-state index in [2.05, 4.69) is 51.4 Å². The largest absolute Gasteiger partial charge is 0.330 e. The van der Waals surface area contributed by atoms with E-state index in [0.29, 0.717) is 0 Å². The second-order valence-electron chi connectivity index (χ2n) is 5.65. The Morgan fingerprint density at radius 2 is 1.00 bits per heavy atom. The van der Waals surface area contributed by atoms with Gasteiger partial charge < -0.3 is 5.73 Å².